The Morgan fingerprint density at radius 3 is 2.24 bits per heavy atom. The fraction of sp³-hybridized carbons (Fsp3) is 0.458. The van der Waals surface area contributed by atoms with Crippen molar-refractivity contribution in [3.05, 3.63) is 58.6 Å². The molecular weight excluding hydrogens is 384 g/mol. The molecule has 156 valence electrons. The van der Waals surface area contributed by atoms with E-state index in [9.17, 15) is 4.79 Å². The van der Waals surface area contributed by atoms with Gasteiger partial charge in [-0.1, -0.05) is 50.6 Å². The number of halogens is 1. The molecule has 29 heavy (non-hydrogen) atoms. The molecule has 1 amide bonds. The van der Waals surface area contributed by atoms with E-state index in [0.29, 0.717) is 13.1 Å². The Morgan fingerprint density at radius 1 is 1.03 bits per heavy atom. The maximum atomic E-state index is 12.9. The van der Waals surface area contributed by atoms with Gasteiger partial charge in [0.15, 0.2) is 6.10 Å². The second kappa shape index (κ2) is 8.66. The maximum Gasteiger partial charge on any atom is 0.263 e. The number of rotatable bonds is 4. The quantitative estimate of drug-likeness (QED) is 0.700. The van der Waals surface area contributed by atoms with Crippen molar-refractivity contribution < 1.29 is 9.53 Å². The molecule has 0 radical (unpaired) electrons. The zero-order valence-electron chi connectivity index (χ0n) is 18.0. The third-order valence-electron chi connectivity index (χ3n) is 5.48. The smallest absolute Gasteiger partial charge is 0.263 e. The van der Waals surface area contributed by atoms with E-state index in [1.54, 1.807) is 0 Å². The molecule has 5 heteroatoms. The topological polar surface area (TPSA) is 32.8 Å². The first-order chi connectivity index (χ1) is 13.6. The van der Waals surface area contributed by atoms with Gasteiger partial charge in [-0.25, -0.2) is 0 Å². The van der Waals surface area contributed by atoms with E-state index in [0.717, 1.165) is 29.5 Å². The van der Waals surface area contributed by atoms with Crippen LogP contribution in [-0.4, -0.2) is 43.1 Å². The lowest BCUT2D eigenvalue weighted by atomic mass is 9.87. The fourth-order valence-corrected chi connectivity index (χ4v) is 3.80. The molecule has 0 saturated carbocycles. The van der Waals surface area contributed by atoms with E-state index < -0.39 is 6.10 Å². The molecule has 1 heterocycles. The van der Waals surface area contributed by atoms with Gasteiger partial charge in [0.25, 0.3) is 5.91 Å². The zero-order valence-corrected chi connectivity index (χ0v) is 18.8. The number of ether oxygens (including phenoxy) is 1. The lowest BCUT2D eigenvalue weighted by molar-refractivity contribution is -0.138. The Kier molecular flexibility index (Phi) is 6.42. The van der Waals surface area contributed by atoms with Crippen LogP contribution in [0.25, 0.3) is 0 Å². The van der Waals surface area contributed by atoms with Gasteiger partial charge in [0.1, 0.15) is 5.75 Å². The third-order valence-corrected chi connectivity index (χ3v) is 5.72. The van der Waals surface area contributed by atoms with E-state index in [-0.39, 0.29) is 11.3 Å². The summed E-state index contributed by atoms with van der Waals surface area (Å²) in [4.78, 5) is 17.0. The van der Waals surface area contributed by atoms with E-state index in [1.165, 1.54) is 11.1 Å². The zero-order chi connectivity index (χ0) is 21.2. The summed E-state index contributed by atoms with van der Waals surface area (Å²) in [5.74, 6) is 0.763. The predicted octanol–water partition coefficient (Wildman–Crippen LogP) is 5.06. The average molecular weight is 415 g/mol. The second-order valence-corrected chi connectivity index (χ2v) is 9.21. The molecule has 1 aliphatic heterocycles. The minimum absolute atomic E-state index is 0.0346. The molecule has 0 spiro atoms. The highest BCUT2D eigenvalue weighted by atomic mass is 35.5. The molecule has 2 aromatic rings. The molecule has 4 nitrogen and oxygen atoms in total. The van der Waals surface area contributed by atoms with Crippen molar-refractivity contribution in [1.82, 2.24) is 4.90 Å². The Balaban J connectivity index is 1.56. The molecule has 2 aromatic carbocycles. The second-order valence-electron chi connectivity index (χ2n) is 8.78. The van der Waals surface area contributed by atoms with Crippen molar-refractivity contribution in [2.45, 2.75) is 46.1 Å². The van der Waals surface area contributed by atoms with Crippen LogP contribution in [0.1, 0.15) is 38.8 Å². The number of hydrogen-bond donors (Lipinski definition) is 0. The van der Waals surface area contributed by atoms with Gasteiger partial charge in [0, 0.05) is 36.9 Å². The summed E-state index contributed by atoms with van der Waals surface area (Å²) in [6, 6.07) is 14.0. The lowest BCUT2D eigenvalue weighted by Gasteiger charge is -2.37. The molecule has 0 unspecified atom stereocenters. The Bertz CT molecular complexity index is 850. The van der Waals surface area contributed by atoms with Crippen LogP contribution in [0, 0.1) is 6.92 Å². The van der Waals surface area contributed by atoms with Crippen molar-refractivity contribution in [3.8, 4) is 5.75 Å². The molecule has 0 aliphatic carbocycles. The summed E-state index contributed by atoms with van der Waals surface area (Å²) in [6.45, 7) is 13.4. The molecule has 1 saturated heterocycles. The molecule has 0 bridgehead atoms. The van der Waals surface area contributed by atoms with Gasteiger partial charge >= 0.3 is 0 Å². The molecule has 0 aromatic heterocycles. The van der Waals surface area contributed by atoms with E-state index in [1.807, 2.05) is 42.2 Å². The number of benzene rings is 2. The number of piperazine rings is 1. The number of carbonyl (C=O) groups is 1. The minimum Gasteiger partial charge on any atom is -0.481 e. The summed E-state index contributed by atoms with van der Waals surface area (Å²) < 4.78 is 5.92. The Labute approximate surface area is 179 Å². The van der Waals surface area contributed by atoms with Gasteiger partial charge in [0.2, 0.25) is 0 Å². The number of hydrogen-bond acceptors (Lipinski definition) is 3. The van der Waals surface area contributed by atoms with Crippen molar-refractivity contribution in [1.29, 1.82) is 0 Å². The Morgan fingerprint density at radius 2 is 1.66 bits per heavy atom. The number of carbonyl (C=O) groups excluding carboxylic acids is 1. The highest BCUT2D eigenvalue weighted by Gasteiger charge is 2.27. The molecule has 0 N–H and O–H groups in total. The summed E-state index contributed by atoms with van der Waals surface area (Å²) in [5.41, 5.74) is 3.69. The van der Waals surface area contributed by atoms with Crippen LogP contribution in [0.2, 0.25) is 5.02 Å². The molecule has 3 rings (SSSR count). The predicted molar refractivity (Wildman–Crippen MR) is 120 cm³/mol. The van der Waals surface area contributed by atoms with Gasteiger partial charge < -0.3 is 14.5 Å². The Hall–Kier alpha value is -2.20. The first-order valence-corrected chi connectivity index (χ1v) is 10.6. The van der Waals surface area contributed by atoms with Crippen molar-refractivity contribution in [3.63, 3.8) is 0 Å². The van der Waals surface area contributed by atoms with Crippen LogP contribution >= 0.6 is 11.6 Å². The van der Waals surface area contributed by atoms with Crippen LogP contribution in [0.4, 0.5) is 5.69 Å². The van der Waals surface area contributed by atoms with Crippen molar-refractivity contribution in [2.24, 2.45) is 0 Å². The van der Waals surface area contributed by atoms with Crippen molar-refractivity contribution in [2.75, 3.05) is 31.1 Å². The maximum absolute atomic E-state index is 12.9. The van der Waals surface area contributed by atoms with Crippen LogP contribution in [0.3, 0.4) is 0 Å². The van der Waals surface area contributed by atoms with E-state index in [2.05, 4.69) is 44.7 Å². The van der Waals surface area contributed by atoms with Gasteiger partial charge in [-0.15, -0.1) is 0 Å². The standard InChI is InChI=1S/C24H31ClN2O2/c1-17-6-9-20(25)16-22(17)26-12-14-27(15-13-26)23(28)18(2)29-21-10-7-19(8-11-21)24(3,4)5/h6-11,16,18H,12-15H2,1-5H3/t18-/m1/s1. The molecular formula is C24H31ClN2O2. The first kappa shape index (κ1) is 21.5. The van der Waals surface area contributed by atoms with Crippen LogP contribution in [0.5, 0.6) is 5.75 Å². The van der Waals surface area contributed by atoms with Gasteiger partial charge in [-0.3, -0.25) is 4.79 Å². The van der Waals surface area contributed by atoms with Crippen molar-refractivity contribution >= 4 is 23.2 Å². The largest absolute Gasteiger partial charge is 0.481 e. The van der Waals surface area contributed by atoms with Gasteiger partial charge in [0.05, 0.1) is 0 Å². The fourth-order valence-electron chi connectivity index (χ4n) is 3.64. The third kappa shape index (κ3) is 5.24. The number of nitrogens with zero attached hydrogens (tertiary/aromatic N) is 2. The number of amides is 1. The van der Waals surface area contributed by atoms with E-state index >= 15 is 0 Å². The molecule has 1 aliphatic rings. The number of aryl methyl sites for hydroxylation is 1. The number of anilines is 1. The van der Waals surface area contributed by atoms with E-state index in [4.69, 9.17) is 16.3 Å². The SMILES string of the molecule is Cc1ccc(Cl)cc1N1CCN(C(=O)[C@@H](C)Oc2ccc(C(C)(C)C)cc2)CC1. The highest BCUT2D eigenvalue weighted by Crippen LogP contribution is 2.26. The lowest BCUT2D eigenvalue weighted by Crippen LogP contribution is -2.52. The highest BCUT2D eigenvalue weighted by molar-refractivity contribution is 6.30. The van der Waals surface area contributed by atoms with Gasteiger partial charge in [-0.2, -0.15) is 0 Å². The minimum atomic E-state index is -0.505. The summed E-state index contributed by atoms with van der Waals surface area (Å²) in [6.07, 6.45) is -0.505. The van der Waals surface area contributed by atoms with Crippen LogP contribution < -0.4 is 9.64 Å². The first-order valence-electron chi connectivity index (χ1n) is 10.2. The summed E-state index contributed by atoms with van der Waals surface area (Å²) in [5, 5.41) is 0.739. The van der Waals surface area contributed by atoms with Crippen LogP contribution in [-0.2, 0) is 10.2 Å². The summed E-state index contributed by atoms with van der Waals surface area (Å²) in [7, 11) is 0. The van der Waals surface area contributed by atoms with Crippen LogP contribution in [0.15, 0.2) is 42.5 Å². The molecule has 1 fully saturated rings. The molecule has 1 atom stereocenters. The normalized spacial score (nSPS) is 15.9. The average Bonchev–Trinajstić information content (AvgIpc) is 2.69. The monoisotopic (exact) mass is 414 g/mol. The van der Waals surface area contributed by atoms with Gasteiger partial charge in [-0.05, 0) is 54.7 Å². The summed E-state index contributed by atoms with van der Waals surface area (Å²) >= 11 is 6.16.